The molecule has 2 aromatic heterocycles. The first-order chi connectivity index (χ1) is 15.4. The third-order valence-corrected chi connectivity index (χ3v) is 7.17. The number of carbonyl (C=O) groups excluding carboxylic acids is 1. The van der Waals surface area contributed by atoms with E-state index in [4.69, 9.17) is 21.9 Å². The van der Waals surface area contributed by atoms with Gasteiger partial charge in [0.25, 0.3) is 11.5 Å². The molecule has 2 atom stereocenters. The van der Waals surface area contributed by atoms with Crippen LogP contribution in [-0.2, 0) is 9.53 Å². The molecule has 0 aliphatic carbocycles. The molecule has 4 heterocycles. The smallest absolute Gasteiger partial charge is 0.267 e. The molecule has 0 spiro atoms. The van der Waals surface area contributed by atoms with Crippen molar-refractivity contribution in [1.29, 1.82) is 0 Å². The van der Waals surface area contributed by atoms with Crippen LogP contribution in [0, 0.1) is 11.8 Å². The lowest BCUT2D eigenvalue weighted by molar-refractivity contribution is -0.122. The summed E-state index contributed by atoms with van der Waals surface area (Å²) in [4.78, 5) is 35.6. The van der Waals surface area contributed by atoms with Crippen LogP contribution < -0.4 is 10.5 Å². The number of hydrogen-bond donors (Lipinski definition) is 0. The highest BCUT2D eigenvalue weighted by Gasteiger charge is 2.33. The number of piperidine rings is 1. The number of pyridine rings is 1. The number of rotatable bonds is 6. The van der Waals surface area contributed by atoms with Crippen molar-refractivity contribution in [2.75, 3.05) is 38.3 Å². The number of nitrogens with zero attached hydrogens (tertiary/aromatic N) is 4. The first-order valence-electron chi connectivity index (χ1n) is 10.9. The van der Waals surface area contributed by atoms with Crippen LogP contribution in [0.15, 0.2) is 34.1 Å². The Kier molecular flexibility index (Phi) is 6.97. The Balaban J connectivity index is 1.77. The fraction of sp³-hybridized carbons (Fsp3) is 0.478. The van der Waals surface area contributed by atoms with Gasteiger partial charge >= 0.3 is 0 Å². The molecular weight excluding hydrogens is 444 g/mol. The highest BCUT2D eigenvalue weighted by Crippen LogP contribution is 2.34. The standard InChI is InChI=1S/C23H28N4O3S2/c1-15-11-16(2)14-25(13-15)20-17(21(28)26-8-5-4-7-19(26)24-20)12-18-22(29)27(23(31)32-18)9-6-10-30-3/h4-5,7-8,12,15-16H,6,9-11,13-14H2,1-3H3/b18-12+/t15-,16-/m1/s1. The number of fused-ring (bicyclic) bond motifs is 1. The van der Waals surface area contributed by atoms with Crippen LogP contribution in [0.25, 0.3) is 11.7 Å². The van der Waals surface area contributed by atoms with Crippen molar-refractivity contribution >= 4 is 51.7 Å². The molecule has 0 radical (unpaired) electrons. The minimum Gasteiger partial charge on any atom is -0.385 e. The minimum absolute atomic E-state index is 0.167. The van der Waals surface area contributed by atoms with Gasteiger partial charge in [-0.2, -0.15) is 0 Å². The predicted molar refractivity (Wildman–Crippen MR) is 133 cm³/mol. The van der Waals surface area contributed by atoms with E-state index in [0.717, 1.165) is 19.5 Å². The molecule has 0 N–H and O–H groups in total. The average molecular weight is 473 g/mol. The summed E-state index contributed by atoms with van der Waals surface area (Å²) in [5, 5.41) is 0. The number of anilines is 1. The van der Waals surface area contributed by atoms with Crippen molar-refractivity contribution in [1.82, 2.24) is 14.3 Å². The van der Waals surface area contributed by atoms with Gasteiger partial charge in [-0.1, -0.05) is 43.9 Å². The predicted octanol–water partition coefficient (Wildman–Crippen LogP) is 3.41. The summed E-state index contributed by atoms with van der Waals surface area (Å²) < 4.78 is 7.13. The third-order valence-electron chi connectivity index (χ3n) is 5.80. The van der Waals surface area contributed by atoms with E-state index in [1.165, 1.54) is 16.2 Å². The topological polar surface area (TPSA) is 67.2 Å². The highest BCUT2D eigenvalue weighted by molar-refractivity contribution is 8.26. The molecule has 2 aliphatic rings. The summed E-state index contributed by atoms with van der Waals surface area (Å²) in [6.45, 7) is 7.17. The number of aromatic nitrogens is 2. The molecule has 9 heteroatoms. The SMILES string of the molecule is COCCCN1C(=O)/C(=C\c2c(N3C[C@H](C)C[C@@H](C)C3)nc3ccccn3c2=O)SC1=S. The molecule has 170 valence electrons. The Morgan fingerprint density at radius 1 is 1.25 bits per heavy atom. The van der Waals surface area contributed by atoms with Gasteiger partial charge in [-0.3, -0.25) is 18.9 Å². The van der Waals surface area contributed by atoms with Crippen molar-refractivity contribution in [3.63, 3.8) is 0 Å². The van der Waals surface area contributed by atoms with E-state index in [-0.39, 0.29) is 11.5 Å². The number of thioether (sulfide) groups is 1. The molecule has 2 saturated heterocycles. The Morgan fingerprint density at radius 3 is 2.72 bits per heavy atom. The average Bonchev–Trinajstić information content (AvgIpc) is 3.02. The van der Waals surface area contributed by atoms with Crippen LogP contribution in [-0.4, -0.2) is 57.9 Å². The molecule has 2 aliphatic heterocycles. The van der Waals surface area contributed by atoms with Crippen molar-refractivity contribution in [3.8, 4) is 0 Å². The summed E-state index contributed by atoms with van der Waals surface area (Å²) in [6, 6.07) is 5.51. The lowest BCUT2D eigenvalue weighted by Crippen LogP contribution is -2.40. The Labute approximate surface area is 197 Å². The van der Waals surface area contributed by atoms with Crippen molar-refractivity contribution < 1.29 is 9.53 Å². The van der Waals surface area contributed by atoms with Crippen molar-refractivity contribution in [3.05, 3.63) is 45.2 Å². The van der Waals surface area contributed by atoms with Gasteiger partial charge in [-0.25, -0.2) is 4.98 Å². The quantitative estimate of drug-likeness (QED) is 0.363. The summed E-state index contributed by atoms with van der Waals surface area (Å²) in [6.07, 6.45) is 5.25. The number of carbonyl (C=O) groups is 1. The minimum atomic E-state index is -0.180. The normalized spacial score (nSPS) is 23.0. The van der Waals surface area contributed by atoms with Crippen LogP contribution in [0.5, 0.6) is 0 Å². The van der Waals surface area contributed by atoms with Crippen LogP contribution in [0.2, 0.25) is 0 Å². The second-order valence-electron chi connectivity index (χ2n) is 8.61. The molecular formula is C23H28N4O3S2. The van der Waals surface area contributed by atoms with Gasteiger partial charge in [0.15, 0.2) is 0 Å². The van der Waals surface area contributed by atoms with Gasteiger partial charge in [-0.15, -0.1) is 0 Å². The summed E-state index contributed by atoms with van der Waals surface area (Å²) in [5.74, 6) is 1.48. The molecule has 2 fully saturated rings. The van der Waals surface area contributed by atoms with Gasteiger partial charge in [-0.05, 0) is 42.9 Å². The third kappa shape index (κ3) is 4.60. The van der Waals surface area contributed by atoms with E-state index in [2.05, 4.69) is 18.7 Å². The Morgan fingerprint density at radius 2 is 2.00 bits per heavy atom. The monoisotopic (exact) mass is 472 g/mol. The van der Waals surface area contributed by atoms with Crippen LogP contribution in [0.3, 0.4) is 0 Å². The lowest BCUT2D eigenvalue weighted by atomic mass is 9.91. The molecule has 0 bridgehead atoms. The zero-order valence-corrected chi connectivity index (χ0v) is 20.2. The second kappa shape index (κ2) is 9.72. The van der Waals surface area contributed by atoms with Gasteiger partial charge in [0.1, 0.15) is 15.8 Å². The first kappa shape index (κ1) is 22.9. The second-order valence-corrected chi connectivity index (χ2v) is 10.3. The van der Waals surface area contributed by atoms with Crippen molar-refractivity contribution in [2.24, 2.45) is 11.8 Å². The number of hydrogen-bond acceptors (Lipinski definition) is 7. The number of methoxy groups -OCH3 is 1. The van der Waals surface area contributed by atoms with E-state index in [1.54, 1.807) is 30.3 Å². The van der Waals surface area contributed by atoms with Gasteiger partial charge in [0.2, 0.25) is 0 Å². The molecule has 0 unspecified atom stereocenters. The molecule has 0 saturated carbocycles. The van der Waals surface area contributed by atoms with E-state index < -0.39 is 0 Å². The van der Waals surface area contributed by atoms with E-state index in [0.29, 0.717) is 57.7 Å². The lowest BCUT2D eigenvalue weighted by Gasteiger charge is -2.36. The van der Waals surface area contributed by atoms with E-state index in [1.807, 2.05) is 12.1 Å². The summed E-state index contributed by atoms with van der Waals surface area (Å²) >= 11 is 6.68. The molecule has 1 amide bonds. The van der Waals surface area contributed by atoms with Gasteiger partial charge in [0, 0.05) is 39.5 Å². The number of ether oxygens (including phenoxy) is 1. The zero-order chi connectivity index (χ0) is 22.8. The van der Waals surface area contributed by atoms with Gasteiger partial charge < -0.3 is 9.64 Å². The van der Waals surface area contributed by atoms with Gasteiger partial charge in [0.05, 0.1) is 10.5 Å². The molecule has 4 rings (SSSR count). The number of amides is 1. The largest absolute Gasteiger partial charge is 0.385 e. The van der Waals surface area contributed by atoms with Crippen LogP contribution in [0.1, 0.15) is 32.3 Å². The molecule has 32 heavy (non-hydrogen) atoms. The molecule has 0 aromatic carbocycles. The maximum Gasteiger partial charge on any atom is 0.267 e. The summed E-state index contributed by atoms with van der Waals surface area (Å²) in [7, 11) is 1.63. The maximum atomic E-state index is 13.5. The first-order valence-corrected chi connectivity index (χ1v) is 12.1. The zero-order valence-electron chi connectivity index (χ0n) is 18.6. The fourth-order valence-corrected chi connectivity index (χ4v) is 5.78. The highest BCUT2D eigenvalue weighted by atomic mass is 32.2. The fourth-order valence-electron chi connectivity index (χ4n) is 4.49. The van der Waals surface area contributed by atoms with Crippen LogP contribution >= 0.6 is 24.0 Å². The van der Waals surface area contributed by atoms with Crippen molar-refractivity contribution in [2.45, 2.75) is 26.7 Å². The van der Waals surface area contributed by atoms with Crippen LogP contribution in [0.4, 0.5) is 5.82 Å². The maximum absolute atomic E-state index is 13.5. The summed E-state index contributed by atoms with van der Waals surface area (Å²) in [5.41, 5.74) is 0.858. The van der Waals surface area contributed by atoms with E-state index >= 15 is 0 Å². The molecule has 2 aromatic rings. The van der Waals surface area contributed by atoms with E-state index in [9.17, 15) is 9.59 Å². The Bertz CT molecular complexity index is 1120. The molecule has 7 nitrogen and oxygen atoms in total. The Hall–Kier alpha value is -2.23. The number of thiocarbonyl (C=S) groups is 1.